The Bertz CT molecular complexity index is 730. The van der Waals surface area contributed by atoms with Crippen LogP contribution in [0.15, 0.2) is 47.6 Å². The van der Waals surface area contributed by atoms with Crippen molar-refractivity contribution >= 4 is 5.97 Å². The van der Waals surface area contributed by atoms with Crippen LogP contribution in [0.2, 0.25) is 0 Å². The third kappa shape index (κ3) is 7.74. The van der Waals surface area contributed by atoms with Crippen molar-refractivity contribution in [1.29, 1.82) is 0 Å². The van der Waals surface area contributed by atoms with E-state index in [1.807, 2.05) is 53.7 Å². The number of fused-ring (bicyclic) bond motifs is 2. The maximum Gasteiger partial charge on any atom is 0.314 e. The fourth-order valence-electron chi connectivity index (χ4n) is 4.08. The van der Waals surface area contributed by atoms with Crippen LogP contribution in [0.5, 0.6) is 0 Å². The Morgan fingerprint density at radius 1 is 1.10 bits per heavy atom. The van der Waals surface area contributed by atoms with Gasteiger partial charge in [-0.1, -0.05) is 47.6 Å². The summed E-state index contributed by atoms with van der Waals surface area (Å²) in [6.07, 6.45) is 14.4. The molecule has 0 aromatic rings. The topological polar surface area (TPSA) is 65.0 Å². The van der Waals surface area contributed by atoms with Gasteiger partial charge in [-0.15, -0.1) is 0 Å². The fourth-order valence-corrected chi connectivity index (χ4v) is 4.08. The van der Waals surface area contributed by atoms with Gasteiger partial charge in [0.25, 0.3) is 0 Å². The van der Waals surface area contributed by atoms with E-state index in [0.29, 0.717) is 25.9 Å². The Morgan fingerprint density at radius 3 is 2.52 bits per heavy atom. The molecule has 0 spiro atoms. The molecule has 5 nitrogen and oxygen atoms in total. The van der Waals surface area contributed by atoms with Crippen molar-refractivity contribution in [3.63, 3.8) is 0 Å². The lowest BCUT2D eigenvalue weighted by molar-refractivity contribution is -0.318. The second kappa shape index (κ2) is 11.3. The van der Waals surface area contributed by atoms with Crippen LogP contribution in [0.1, 0.15) is 73.6 Å². The average Bonchev–Trinajstić information content (AvgIpc) is 2.68. The Hall–Kier alpha value is -1.69. The van der Waals surface area contributed by atoms with E-state index < -0.39 is 17.3 Å². The lowest BCUT2D eigenvalue weighted by Crippen LogP contribution is -2.53. The number of carbonyl (C=O) groups is 1. The van der Waals surface area contributed by atoms with Crippen LogP contribution in [0.3, 0.4) is 0 Å². The highest BCUT2D eigenvalue weighted by Crippen LogP contribution is 2.41. The molecule has 174 valence electrons. The van der Waals surface area contributed by atoms with Crippen molar-refractivity contribution in [3.05, 3.63) is 47.6 Å². The predicted octanol–water partition coefficient (Wildman–Crippen LogP) is 5.41. The molecule has 0 radical (unpaired) electrons. The summed E-state index contributed by atoms with van der Waals surface area (Å²) in [6.45, 7) is 11.9. The second-order valence-electron chi connectivity index (χ2n) is 9.36. The van der Waals surface area contributed by atoms with E-state index in [0.717, 1.165) is 24.0 Å². The zero-order chi connectivity index (χ0) is 23.1. The van der Waals surface area contributed by atoms with E-state index in [9.17, 15) is 9.90 Å². The molecule has 1 heterocycles. The highest BCUT2D eigenvalue weighted by atomic mass is 16.7. The van der Waals surface area contributed by atoms with Crippen LogP contribution in [-0.2, 0) is 19.0 Å². The molecule has 4 atom stereocenters. The first-order valence-corrected chi connectivity index (χ1v) is 11.4. The van der Waals surface area contributed by atoms with Crippen LogP contribution in [-0.4, -0.2) is 41.8 Å². The van der Waals surface area contributed by atoms with Crippen molar-refractivity contribution in [3.8, 4) is 0 Å². The molecule has 2 aliphatic rings. The number of carbonyl (C=O) groups excluding carboxylic acids is 1. The summed E-state index contributed by atoms with van der Waals surface area (Å²) in [4.78, 5) is 13.1. The molecule has 1 saturated heterocycles. The molecule has 0 aromatic carbocycles. The quantitative estimate of drug-likeness (QED) is 0.592. The first-order chi connectivity index (χ1) is 14.6. The van der Waals surface area contributed by atoms with Gasteiger partial charge < -0.3 is 19.3 Å². The minimum atomic E-state index is -0.859. The maximum absolute atomic E-state index is 13.1. The standard InChI is InChI=1S/C26H40O5/c1-7-29-24(28)26(6)16-15-20(3)12-10-8-9-11-19(2)13-14-21(27)17-22-18-23(26)31-25(4,5)30-22/h10-15,21-23,27H,7-9,16-18H2,1-6H3/b12-10+,14-13+,19-11+,20-15+/t21-,22-,23-,26-/m1/s1. The number of allylic oxidation sites excluding steroid dienone is 7. The minimum Gasteiger partial charge on any atom is -0.465 e. The average molecular weight is 433 g/mol. The SMILES string of the molecule is CCOC(=O)[C@]1(C)C/C=C(C)/C=C/CC/C=C(C)/C=C/[C@@H](O)C[C@@H]2C[C@H]1OC(C)(C)O2. The molecule has 1 N–H and O–H groups in total. The number of aliphatic hydroxyl groups is 1. The molecule has 2 bridgehead atoms. The van der Waals surface area contributed by atoms with Gasteiger partial charge in [0.15, 0.2) is 5.79 Å². The lowest BCUT2D eigenvalue weighted by Gasteiger charge is -2.46. The Morgan fingerprint density at radius 2 is 1.81 bits per heavy atom. The van der Waals surface area contributed by atoms with Gasteiger partial charge in [0.2, 0.25) is 0 Å². The van der Waals surface area contributed by atoms with Gasteiger partial charge in [0.05, 0.1) is 30.3 Å². The van der Waals surface area contributed by atoms with Crippen LogP contribution in [0, 0.1) is 5.41 Å². The number of hydrogen-bond acceptors (Lipinski definition) is 5. The normalized spacial score (nSPS) is 38.0. The summed E-state index contributed by atoms with van der Waals surface area (Å²) in [5.41, 5.74) is 1.39. The molecule has 1 aliphatic heterocycles. The smallest absolute Gasteiger partial charge is 0.314 e. The van der Waals surface area contributed by atoms with Gasteiger partial charge in [-0.25, -0.2) is 0 Å². The van der Waals surface area contributed by atoms with E-state index in [1.165, 1.54) is 0 Å². The number of hydrogen-bond donors (Lipinski definition) is 1. The van der Waals surface area contributed by atoms with Gasteiger partial charge in [-0.2, -0.15) is 0 Å². The summed E-state index contributed by atoms with van der Waals surface area (Å²) in [5.74, 6) is -1.12. The van der Waals surface area contributed by atoms with Crippen molar-refractivity contribution in [2.75, 3.05) is 6.61 Å². The van der Waals surface area contributed by atoms with E-state index in [4.69, 9.17) is 14.2 Å². The van der Waals surface area contributed by atoms with Crippen LogP contribution in [0.25, 0.3) is 0 Å². The highest BCUT2D eigenvalue weighted by Gasteiger charge is 2.49. The molecule has 0 saturated carbocycles. The molecular weight excluding hydrogens is 392 g/mol. The Balaban J connectivity index is 2.41. The number of rotatable bonds is 2. The summed E-state index contributed by atoms with van der Waals surface area (Å²) in [7, 11) is 0. The van der Waals surface area contributed by atoms with Gasteiger partial charge in [0, 0.05) is 12.8 Å². The number of aliphatic hydroxyl groups excluding tert-OH is 1. The summed E-state index contributed by atoms with van der Waals surface area (Å²) < 4.78 is 17.8. The first-order valence-electron chi connectivity index (χ1n) is 11.4. The van der Waals surface area contributed by atoms with Crippen molar-refractivity contribution in [1.82, 2.24) is 0 Å². The van der Waals surface area contributed by atoms with E-state index in [-0.39, 0.29) is 18.2 Å². The monoisotopic (exact) mass is 432 g/mol. The van der Waals surface area contributed by atoms with Gasteiger partial charge in [-0.3, -0.25) is 4.79 Å². The van der Waals surface area contributed by atoms with Crippen molar-refractivity contribution in [2.45, 2.75) is 97.7 Å². The zero-order valence-electron chi connectivity index (χ0n) is 20.0. The molecule has 1 fully saturated rings. The lowest BCUT2D eigenvalue weighted by atomic mass is 9.76. The summed E-state index contributed by atoms with van der Waals surface area (Å²) >= 11 is 0. The summed E-state index contributed by atoms with van der Waals surface area (Å²) in [5, 5.41) is 10.6. The maximum atomic E-state index is 13.1. The second-order valence-corrected chi connectivity index (χ2v) is 9.36. The third-order valence-corrected chi connectivity index (χ3v) is 5.92. The zero-order valence-corrected chi connectivity index (χ0v) is 20.0. The molecule has 0 unspecified atom stereocenters. The first kappa shape index (κ1) is 25.6. The minimum absolute atomic E-state index is 0.230. The van der Waals surface area contributed by atoms with E-state index >= 15 is 0 Å². The predicted molar refractivity (Wildman–Crippen MR) is 123 cm³/mol. The molecule has 5 heteroatoms. The Kier molecular flexibility index (Phi) is 9.28. The van der Waals surface area contributed by atoms with Gasteiger partial charge >= 0.3 is 5.97 Å². The van der Waals surface area contributed by atoms with Crippen molar-refractivity contribution in [2.24, 2.45) is 5.41 Å². The third-order valence-electron chi connectivity index (χ3n) is 5.92. The van der Waals surface area contributed by atoms with E-state index in [2.05, 4.69) is 24.3 Å². The largest absolute Gasteiger partial charge is 0.465 e. The van der Waals surface area contributed by atoms with Crippen LogP contribution < -0.4 is 0 Å². The number of ether oxygens (including phenoxy) is 3. The van der Waals surface area contributed by atoms with E-state index in [1.54, 1.807) is 0 Å². The molecule has 1 aliphatic carbocycles. The molecule has 0 aromatic heterocycles. The van der Waals surface area contributed by atoms with Crippen LogP contribution in [0.4, 0.5) is 0 Å². The fraction of sp³-hybridized carbons (Fsp3) is 0.654. The van der Waals surface area contributed by atoms with Crippen LogP contribution >= 0.6 is 0 Å². The van der Waals surface area contributed by atoms with Gasteiger partial charge in [0.1, 0.15) is 0 Å². The molecule has 31 heavy (non-hydrogen) atoms. The van der Waals surface area contributed by atoms with Crippen molar-refractivity contribution < 1.29 is 24.1 Å². The Labute approximate surface area is 187 Å². The molecule has 0 amide bonds. The summed E-state index contributed by atoms with van der Waals surface area (Å²) in [6, 6.07) is 0. The highest BCUT2D eigenvalue weighted by molar-refractivity contribution is 5.77. The molecular formula is C26H40O5. The number of esters is 1. The van der Waals surface area contributed by atoms with Gasteiger partial charge in [-0.05, 0) is 60.8 Å². The molecule has 2 rings (SSSR count).